The Labute approximate surface area is 161 Å². The molecule has 2 rings (SSSR count). The van der Waals surface area contributed by atoms with E-state index in [1.807, 2.05) is 31.3 Å². The van der Waals surface area contributed by atoms with Gasteiger partial charge in [-0.2, -0.15) is 0 Å². The highest BCUT2D eigenvalue weighted by Gasteiger charge is 2.13. The van der Waals surface area contributed by atoms with Crippen LogP contribution in [-0.2, 0) is 6.42 Å². The minimum absolute atomic E-state index is 0.0491. The van der Waals surface area contributed by atoms with Crippen molar-refractivity contribution in [3.8, 4) is 11.5 Å². The third-order valence-electron chi connectivity index (χ3n) is 4.36. The molecule has 0 aliphatic rings. The maximum Gasteiger partial charge on any atom is 0.272 e. The predicted molar refractivity (Wildman–Crippen MR) is 108 cm³/mol. The summed E-state index contributed by atoms with van der Waals surface area (Å²) in [6.07, 6.45) is 4.54. The van der Waals surface area contributed by atoms with Crippen molar-refractivity contribution in [2.45, 2.75) is 26.2 Å². The fraction of sp³-hybridized carbons (Fsp3) is 0.429. The molecule has 146 valence electrons. The number of hydrogen-bond donors (Lipinski definition) is 1. The monoisotopic (exact) mass is 371 g/mol. The maximum absolute atomic E-state index is 12.4. The average Bonchev–Trinajstić information content (AvgIpc) is 2.71. The van der Waals surface area contributed by atoms with Crippen LogP contribution < -0.4 is 14.8 Å². The molecule has 6 heteroatoms. The number of amides is 1. The number of ether oxygens (including phenoxy) is 2. The summed E-state index contributed by atoms with van der Waals surface area (Å²) >= 11 is 0. The maximum atomic E-state index is 12.4. The Kier molecular flexibility index (Phi) is 7.92. The highest BCUT2D eigenvalue weighted by atomic mass is 16.5. The summed E-state index contributed by atoms with van der Waals surface area (Å²) < 4.78 is 10.6. The molecular weight excluding hydrogens is 342 g/mol. The molecule has 1 amide bonds. The van der Waals surface area contributed by atoms with Gasteiger partial charge in [-0.3, -0.25) is 9.78 Å². The lowest BCUT2D eigenvalue weighted by Crippen LogP contribution is -2.28. The van der Waals surface area contributed by atoms with Gasteiger partial charge in [0.25, 0.3) is 5.91 Å². The van der Waals surface area contributed by atoms with Crippen LogP contribution in [0.4, 0.5) is 5.69 Å². The van der Waals surface area contributed by atoms with Crippen LogP contribution in [0.5, 0.6) is 11.5 Å². The molecule has 1 aromatic carbocycles. The molecule has 1 N–H and O–H groups in total. The van der Waals surface area contributed by atoms with Gasteiger partial charge < -0.3 is 19.7 Å². The van der Waals surface area contributed by atoms with Crippen molar-refractivity contribution in [3.05, 3.63) is 47.8 Å². The zero-order valence-corrected chi connectivity index (χ0v) is 16.6. The number of hydrogen-bond acceptors (Lipinski definition) is 5. The van der Waals surface area contributed by atoms with Crippen molar-refractivity contribution in [2.75, 3.05) is 39.7 Å². The summed E-state index contributed by atoms with van der Waals surface area (Å²) in [5.74, 6) is 1.40. The molecule has 0 fully saturated rings. The van der Waals surface area contributed by atoms with Crippen LogP contribution in [0.1, 0.15) is 35.8 Å². The second-order valence-electron chi connectivity index (χ2n) is 6.38. The molecule has 0 aliphatic carbocycles. The lowest BCUT2D eigenvalue weighted by molar-refractivity contribution is 0.0787. The van der Waals surface area contributed by atoms with E-state index in [4.69, 9.17) is 9.47 Å². The van der Waals surface area contributed by atoms with Crippen LogP contribution in [-0.4, -0.2) is 50.1 Å². The quantitative estimate of drug-likeness (QED) is 0.691. The molecule has 27 heavy (non-hydrogen) atoms. The molecule has 6 nitrogen and oxygen atoms in total. The molecule has 0 atom stereocenters. The summed E-state index contributed by atoms with van der Waals surface area (Å²) in [5.41, 5.74) is 2.49. The minimum Gasteiger partial charge on any atom is -0.493 e. The number of carbonyl (C=O) groups excluding carboxylic acids is 1. The standard InChI is InChI=1S/C21H29N3O3/c1-5-6-13-24(2)21(25)18-15-17(10-12-23-18)22-11-9-16-7-8-19(26-3)20(14-16)27-4/h7-8,10,12,14-15H,5-6,9,11,13H2,1-4H3,(H,22,23). The van der Waals surface area contributed by atoms with E-state index in [2.05, 4.69) is 17.2 Å². The van der Waals surface area contributed by atoms with Gasteiger partial charge in [-0.15, -0.1) is 0 Å². The first-order chi connectivity index (χ1) is 13.1. The van der Waals surface area contributed by atoms with Crippen LogP contribution in [0.2, 0.25) is 0 Å². The lowest BCUT2D eigenvalue weighted by atomic mass is 10.1. The van der Waals surface area contributed by atoms with E-state index in [1.165, 1.54) is 0 Å². The van der Waals surface area contributed by atoms with Crippen molar-refractivity contribution >= 4 is 11.6 Å². The van der Waals surface area contributed by atoms with Gasteiger partial charge in [0, 0.05) is 32.0 Å². The first kappa shape index (κ1) is 20.6. The van der Waals surface area contributed by atoms with Gasteiger partial charge in [0.05, 0.1) is 14.2 Å². The fourth-order valence-electron chi connectivity index (χ4n) is 2.74. The Morgan fingerprint density at radius 1 is 1.15 bits per heavy atom. The number of unbranched alkanes of at least 4 members (excludes halogenated alkanes) is 1. The van der Waals surface area contributed by atoms with Gasteiger partial charge in [0.1, 0.15) is 5.69 Å². The van der Waals surface area contributed by atoms with E-state index >= 15 is 0 Å². The molecule has 1 heterocycles. The van der Waals surface area contributed by atoms with Gasteiger partial charge in [-0.25, -0.2) is 0 Å². The smallest absolute Gasteiger partial charge is 0.272 e. The SMILES string of the molecule is CCCCN(C)C(=O)c1cc(NCCc2ccc(OC)c(OC)c2)ccn1. The largest absolute Gasteiger partial charge is 0.493 e. The molecule has 0 radical (unpaired) electrons. The van der Waals surface area contributed by atoms with Gasteiger partial charge >= 0.3 is 0 Å². The second kappa shape index (κ2) is 10.4. The number of rotatable bonds is 10. The van der Waals surface area contributed by atoms with Crippen LogP contribution in [0, 0.1) is 0 Å². The number of pyridine rings is 1. The highest BCUT2D eigenvalue weighted by molar-refractivity contribution is 5.92. The van der Waals surface area contributed by atoms with Crippen LogP contribution in [0.25, 0.3) is 0 Å². The summed E-state index contributed by atoms with van der Waals surface area (Å²) in [6, 6.07) is 9.58. The van der Waals surface area contributed by atoms with E-state index in [9.17, 15) is 4.79 Å². The number of benzene rings is 1. The molecule has 0 unspecified atom stereocenters. The first-order valence-corrected chi connectivity index (χ1v) is 9.25. The predicted octanol–water partition coefficient (Wildman–Crippen LogP) is 3.63. The fourth-order valence-corrected chi connectivity index (χ4v) is 2.74. The molecule has 1 aromatic heterocycles. The normalized spacial score (nSPS) is 10.4. The second-order valence-corrected chi connectivity index (χ2v) is 6.38. The summed E-state index contributed by atoms with van der Waals surface area (Å²) in [6.45, 7) is 3.59. The molecule has 0 spiro atoms. The Morgan fingerprint density at radius 2 is 1.93 bits per heavy atom. The van der Waals surface area contributed by atoms with E-state index in [0.717, 1.165) is 55.1 Å². The third kappa shape index (κ3) is 5.88. The highest BCUT2D eigenvalue weighted by Crippen LogP contribution is 2.27. The van der Waals surface area contributed by atoms with Crippen molar-refractivity contribution in [1.29, 1.82) is 0 Å². The van der Waals surface area contributed by atoms with Gasteiger partial charge in [-0.1, -0.05) is 19.4 Å². The van der Waals surface area contributed by atoms with E-state index in [1.54, 1.807) is 31.4 Å². The summed E-state index contributed by atoms with van der Waals surface area (Å²) in [4.78, 5) is 18.4. The molecular formula is C21H29N3O3. The third-order valence-corrected chi connectivity index (χ3v) is 4.36. The zero-order chi connectivity index (χ0) is 19.6. The number of carbonyl (C=O) groups is 1. The number of aromatic nitrogens is 1. The van der Waals surface area contributed by atoms with Crippen LogP contribution >= 0.6 is 0 Å². The van der Waals surface area contributed by atoms with Gasteiger partial charge in [0.2, 0.25) is 0 Å². The zero-order valence-electron chi connectivity index (χ0n) is 16.6. The van der Waals surface area contributed by atoms with Gasteiger partial charge in [0.15, 0.2) is 11.5 Å². The van der Waals surface area contributed by atoms with Crippen molar-refractivity contribution < 1.29 is 14.3 Å². The van der Waals surface area contributed by atoms with Crippen molar-refractivity contribution in [3.63, 3.8) is 0 Å². The number of nitrogens with one attached hydrogen (secondary N) is 1. The first-order valence-electron chi connectivity index (χ1n) is 9.25. The molecule has 0 aliphatic heterocycles. The number of nitrogens with zero attached hydrogens (tertiary/aromatic N) is 2. The molecule has 0 saturated carbocycles. The summed E-state index contributed by atoms with van der Waals surface area (Å²) in [7, 11) is 5.07. The molecule has 2 aromatic rings. The number of anilines is 1. The van der Waals surface area contributed by atoms with E-state index < -0.39 is 0 Å². The lowest BCUT2D eigenvalue weighted by Gasteiger charge is -2.16. The Hall–Kier alpha value is -2.76. The van der Waals surface area contributed by atoms with Crippen LogP contribution in [0.3, 0.4) is 0 Å². The average molecular weight is 371 g/mol. The van der Waals surface area contributed by atoms with Crippen molar-refractivity contribution in [2.24, 2.45) is 0 Å². The van der Waals surface area contributed by atoms with E-state index in [-0.39, 0.29) is 5.91 Å². The van der Waals surface area contributed by atoms with Crippen LogP contribution in [0.15, 0.2) is 36.5 Å². The Bertz CT molecular complexity index is 749. The Morgan fingerprint density at radius 3 is 2.63 bits per heavy atom. The molecule has 0 saturated heterocycles. The van der Waals surface area contributed by atoms with Gasteiger partial charge in [-0.05, 0) is 42.7 Å². The van der Waals surface area contributed by atoms with Crippen molar-refractivity contribution in [1.82, 2.24) is 9.88 Å². The summed E-state index contributed by atoms with van der Waals surface area (Å²) in [5, 5.41) is 3.35. The minimum atomic E-state index is -0.0491. The Balaban J connectivity index is 1.94. The molecule has 0 bridgehead atoms. The number of methoxy groups -OCH3 is 2. The topological polar surface area (TPSA) is 63.7 Å². The van der Waals surface area contributed by atoms with E-state index in [0.29, 0.717) is 5.69 Å².